The quantitative estimate of drug-likeness (QED) is 0.938. The smallest absolute Gasteiger partial charge is 0.126 e. The lowest BCUT2D eigenvalue weighted by atomic mass is 10.0. The number of aryl methyl sites for hydroxylation is 1. The van der Waals surface area contributed by atoms with Crippen molar-refractivity contribution in [3.63, 3.8) is 0 Å². The lowest BCUT2D eigenvalue weighted by molar-refractivity contribution is 0.200. The first-order valence-electron chi connectivity index (χ1n) is 6.51. The number of ether oxygens (including phenoxy) is 1. The van der Waals surface area contributed by atoms with Crippen LogP contribution < -0.4 is 4.74 Å². The van der Waals surface area contributed by atoms with Gasteiger partial charge in [-0.3, -0.25) is 4.68 Å². The maximum Gasteiger partial charge on any atom is 0.126 e. The molecule has 4 nitrogen and oxygen atoms in total. The van der Waals surface area contributed by atoms with Crippen molar-refractivity contribution in [2.45, 2.75) is 32.9 Å². The van der Waals surface area contributed by atoms with Gasteiger partial charge in [-0.15, -0.1) is 0 Å². The summed E-state index contributed by atoms with van der Waals surface area (Å²) >= 11 is 6.18. The Morgan fingerprint density at radius 1 is 1.35 bits per heavy atom. The van der Waals surface area contributed by atoms with Crippen molar-refractivity contribution >= 4 is 11.6 Å². The van der Waals surface area contributed by atoms with Crippen molar-refractivity contribution in [2.75, 3.05) is 7.11 Å². The molecule has 108 valence electrons. The Hall–Kier alpha value is -1.52. The van der Waals surface area contributed by atoms with Crippen LogP contribution in [0, 0.1) is 6.92 Å². The van der Waals surface area contributed by atoms with Crippen LogP contribution in [-0.4, -0.2) is 22.0 Å². The third kappa shape index (κ3) is 2.67. The molecule has 0 saturated heterocycles. The molecule has 0 bridgehead atoms. The van der Waals surface area contributed by atoms with Gasteiger partial charge >= 0.3 is 0 Å². The molecule has 0 saturated carbocycles. The van der Waals surface area contributed by atoms with Gasteiger partial charge in [0.25, 0.3) is 0 Å². The highest BCUT2D eigenvalue weighted by atomic mass is 35.5. The van der Waals surface area contributed by atoms with Gasteiger partial charge in [0.2, 0.25) is 0 Å². The molecule has 1 unspecified atom stereocenters. The third-order valence-corrected chi connectivity index (χ3v) is 3.51. The summed E-state index contributed by atoms with van der Waals surface area (Å²) in [5.74, 6) is 0.644. The van der Waals surface area contributed by atoms with Gasteiger partial charge < -0.3 is 9.84 Å². The van der Waals surface area contributed by atoms with Crippen LogP contribution in [0.3, 0.4) is 0 Å². The van der Waals surface area contributed by atoms with E-state index in [1.165, 1.54) is 0 Å². The highest BCUT2D eigenvalue weighted by Crippen LogP contribution is 2.35. The van der Waals surface area contributed by atoms with E-state index in [1.807, 2.05) is 39.0 Å². The van der Waals surface area contributed by atoms with Crippen LogP contribution in [-0.2, 0) is 0 Å². The van der Waals surface area contributed by atoms with Crippen molar-refractivity contribution in [1.29, 1.82) is 0 Å². The Balaban J connectivity index is 2.51. The summed E-state index contributed by atoms with van der Waals surface area (Å²) in [5.41, 5.74) is 2.34. The second-order valence-corrected chi connectivity index (χ2v) is 5.47. The molecular formula is C15H19ClN2O2. The fourth-order valence-corrected chi connectivity index (χ4v) is 2.44. The molecular weight excluding hydrogens is 276 g/mol. The molecule has 20 heavy (non-hydrogen) atoms. The van der Waals surface area contributed by atoms with E-state index in [-0.39, 0.29) is 6.04 Å². The number of aliphatic hydroxyl groups is 1. The molecule has 1 N–H and O–H groups in total. The molecule has 0 radical (unpaired) electrons. The number of aromatic nitrogens is 2. The van der Waals surface area contributed by atoms with Crippen LogP contribution in [0.5, 0.6) is 5.75 Å². The Labute approximate surface area is 123 Å². The number of hydrogen-bond acceptors (Lipinski definition) is 3. The van der Waals surface area contributed by atoms with Gasteiger partial charge in [0.15, 0.2) is 0 Å². The van der Waals surface area contributed by atoms with E-state index in [4.69, 9.17) is 16.3 Å². The van der Waals surface area contributed by atoms with Gasteiger partial charge in [0.1, 0.15) is 11.9 Å². The summed E-state index contributed by atoms with van der Waals surface area (Å²) in [6.07, 6.45) is 0.684. The van der Waals surface area contributed by atoms with E-state index >= 15 is 0 Å². The second kappa shape index (κ2) is 5.85. The predicted molar refractivity (Wildman–Crippen MR) is 79.4 cm³/mol. The molecule has 1 heterocycles. The fraction of sp³-hybridized carbons (Fsp3) is 0.400. The first-order chi connectivity index (χ1) is 9.45. The van der Waals surface area contributed by atoms with E-state index in [0.29, 0.717) is 22.0 Å². The van der Waals surface area contributed by atoms with Gasteiger partial charge in [0, 0.05) is 11.6 Å². The van der Waals surface area contributed by atoms with Crippen LogP contribution in [0.4, 0.5) is 0 Å². The van der Waals surface area contributed by atoms with Gasteiger partial charge in [-0.2, -0.15) is 5.10 Å². The molecule has 0 fully saturated rings. The van der Waals surface area contributed by atoms with E-state index in [0.717, 1.165) is 5.56 Å². The number of methoxy groups -OCH3 is 1. The van der Waals surface area contributed by atoms with Gasteiger partial charge in [-0.25, -0.2) is 0 Å². The minimum atomic E-state index is -0.872. The molecule has 1 aromatic carbocycles. The van der Waals surface area contributed by atoms with Crippen LogP contribution >= 0.6 is 11.6 Å². The molecule has 1 atom stereocenters. The normalized spacial score (nSPS) is 12.8. The molecule has 2 rings (SSSR count). The fourth-order valence-electron chi connectivity index (χ4n) is 2.21. The molecule has 5 heteroatoms. The van der Waals surface area contributed by atoms with Crippen molar-refractivity contribution < 1.29 is 9.84 Å². The second-order valence-electron chi connectivity index (χ2n) is 5.06. The zero-order valence-electron chi connectivity index (χ0n) is 12.1. The lowest BCUT2D eigenvalue weighted by Crippen LogP contribution is -2.13. The van der Waals surface area contributed by atoms with Gasteiger partial charge in [-0.1, -0.05) is 23.7 Å². The topological polar surface area (TPSA) is 47.3 Å². The maximum absolute atomic E-state index is 10.7. The Morgan fingerprint density at radius 2 is 2.05 bits per heavy atom. The minimum absolute atomic E-state index is 0.114. The first kappa shape index (κ1) is 14.9. The van der Waals surface area contributed by atoms with E-state index in [9.17, 15) is 5.11 Å². The Bertz CT molecular complexity index is 608. The van der Waals surface area contributed by atoms with Gasteiger partial charge in [0.05, 0.1) is 24.0 Å². The summed E-state index contributed by atoms with van der Waals surface area (Å²) in [6.45, 7) is 5.96. The predicted octanol–water partition coefficient (Wildman–Crippen LogP) is 3.52. The van der Waals surface area contributed by atoms with Crippen molar-refractivity contribution in [1.82, 2.24) is 9.78 Å². The van der Waals surface area contributed by atoms with E-state index in [1.54, 1.807) is 18.0 Å². The summed E-state index contributed by atoms with van der Waals surface area (Å²) in [4.78, 5) is 0. The average Bonchev–Trinajstić information content (AvgIpc) is 2.79. The minimum Gasteiger partial charge on any atom is -0.496 e. The highest BCUT2D eigenvalue weighted by Gasteiger charge is 2.23. The molecule has 1 aromatic heterocycles. The van der Waals surface area contributed by atoms with Crippen molar-refractivity contribution in [3.05, 3.63) is 46.2 Å². The maximum atomic E-state index is 10.7. The van der Waals surface area contributed by atoms with Gasteiger partial charge in [-0.05, 0) is 32.4 Å². The van der Waals surface area contributed by atoms with E-state index < -0.39 is 6.10 Å². The summed E-state index contributed by atoms with van der Waals surface area (Å²) in [6, 6.07) is 5.80. The molecule has 0 aliphatic rings. The standard InChI is InChI=1S/C15H19ClN2O2/c1-9(2)18-14(12(16)8-17-18)15(19)11-6-5-10(3)7-13(11)20-4/h5-9,15,19H,1-4H3. The average molecular weight is 295 g/mol. The number of benzene rings is 1. The molecule has 0 aliphatic carbocycles. The Kier molecular flexibility index (Phi) is 4.35. The number of aliphatic hydroxyl groups excluding tert-OH is 1. The Morgan fingerprint density at radius 3 is 2.65 bits per heavy atom. The van der Waals surface area contributed by atoms with Crippen LogP contribution in [0.2, 0.25) is 5.02 Å². The highest BCUT2D eigenvalue weighted by molar-refractivity contribution is 6.31. The van der Waals surface area contributed by atoms with Crippen molar-refractivity contribution in [3.8, 4) is 5.75 Å². The summed E-state index contributed by atoms with van der Waals surface area (Å²) < 4.78 is 7.08. The van der Waals surface area contributed by atoms with Crippen LogP contribution in [0.15, 0.2) is 24.4 Å². The number of halogens is 1. The monoisotopic (exact) mass is 294 g/mol. The molecule has 0 amide bonds. The zero-order chi connectivity index (χ0) is 14.9. The number of hydrogen-bond donors (Lipinski definition) is 1. The largest absolute Gasteiger partial charge is 0.496 e. The molecule has 2 aromatic rings. The lowest BCUT2D eigenvalue weighted by Gasteiger charge is -2.19. The zero-order valence-corrected chi connectivity index (χ0v) is 12.8. The first-order valence-corrected chi connectivity index (χ1v) is 6.89. The SMILES string of the molecule is COc1cc(C)ccc1C(O)c1c(Cl)cnn1C(C)C. The van der Waals surface area contributed by atoms with Crippen molar-refractivity contribution in [2.24, 2.45) is 0 Å². The molecule has 0 spiro atoms. The summed E-state index contributed by atoms with van der Waals surface area (Å²) in [5, 5.41) is 15.3. The number of nitrogens with zero attached hydrogens (tertiary/aromatic N) is 2. The summed E-state index contributed by atoms with van der Waals surface area (Å²) in [7, 11) is 1.59. The molecule has 0 aliphatic heterocycles. The number of rotatable bonds is 4. The van der Waals surface area contributed by atoms with Crippen LogP contribution in [0.1, 0.15) is 42.8 Å². The third-order valence-electron chi connectivity index (χ3n) is 3.22. The van der Waals surface area contributed by atoms with E-state index in [2.05, 4.69) is 5.10 Å². The van der Waals surface area contributed by atoms with Crippen LogP contribution in [0.25, 0.3) is 0 Å².